The summed E-state index contributed by atoms with van der Waals surface area (Å²) < 4.78 is 0. The topological polar surface area (TPSA) is 41.1 Å². The van der Waals surface area contributed by atoms with E-state index in [4.69, 9.17) is 0 Å². The molecule has 2 N–H and O–H groups in total. The van der Waals surface area contributed by atoms with Crippen molar-refractivity contribution in [2.45, 2.75) is 26.8 Å². The van der Waals surface area contributed by atoms with Gasteiger partial charge < -0.3 is 10.6 Å². The Labute approximate surface area is 126 Å². The second-order valence-corrected chi connectivity index (χ2v) is 5.11. The van der Waals surface area contributed by atoms with Gasteiger partial charge in [0, 0.05) is 18.8 Å². The summed E-state index contributed by atoms with van der Waals surface area (Å²) in [6, 6.07) is 16.4. The third-order valence-corrected chi connectivity index (χ3v) is 3.44. The first-order chi connectivity index (χ1) is 10.2. The summed E-state index contributed by atoms with van der Waals surface area (Å²) in [7, 11) is 0. The Balaban J connectivity index is 1.91. The highest BCUT2D eigenvalue weighted by Crippen LogP contribution is 2.13. The number of amides is 1. The molecule has 1 amide bonds. The predicted molar refractivity (Wildman–Crippen MR) is 87.3 cm³/mol. The Hall–Kier alpha value is -2.29. The maximum atomic E-state index is 11.5. The van der Waals surface area contributed by atoms with Crippen LogP contribution in [0.1, 0.15) is 23.6 Å². The molecule has 0 atom stereocenters. The maximum Gasteiger partial charge on any atom is 0.224 e. The van der Waals surface area contributed by atoms with E-state index >= 15 is 0 Å². The summed E-state index contributed by atoms with van der Waals surface area (Å²) >= 11 is 0. The summed E-state index contributed by atoms with van der Waals surface area (Å²) in [4.78, 5) is 11.5. The van der Waals surface area contributed by atoms with E-state index in [0.717, 1.165) is 17.8 Å². The third kappa shape index (κ3) is 4.63. The van der Waals surface area contributed by atoms with Crippen molar-refractivity contribution in [2.75, 3.05) is 11.9 Å². The fourth-order valence-corrected chi connectivity index (χ4v) is 2.19. The summed E-state index contributed by atoms with van der Waals surface area (Å²) in [5, 5.41) is 6.21. The lowest BCUT2D eigenvalue weighted by molar-refractivity contribution is -0.120. The number of nitrogens with one attached hydrogen (secondary N) is 2. The van der Waals surface area contributed by atoms with Crippen LogP contribution in [0.3, 0.4) is 0 Å². The molecular weight excluding hydrogens is 260 g/mol. The minimum Gasteiger partial charge on any atom is -0.381 e. The molecule has 0 bridgehead atoms. The van der Waals surface area contributed by atoms with Crippen LogP contribution in [0.2, 0.25) is 0 Å². The van der Waals surface area contributed by atoms with Crippen molar-refractivity contribution in [3.8, 4) is 0 Å². The first-order valence-electron chi connectivity index (χ1n) is 7.33. The molecule has 2 aromatic rings. The molecule has 0 aliphatic rings. The molecule has 0 aliphatic heterocycles. The fourth-order valence-electron chi connectivity index (χ4n) is 2.19. The zero-order valence-electron chi connectivity index (χ0n) is 12.6. The van der Waals surface area contributed by atoms with Crippen LogP contribution in [-0.2, 0) is 17.8 Å². The van der Waals surface area contributed by atoms with Crippen molar-refractivity contribution in [3.05, 3.63) is 65.2 Å². The largest absolute Gasteiger partial charge is 0.381 e. The van der Waals surface area contributed by atoms with Gasteiger partial charge in [-0.1, -0.05) is 36.4 Å². The second-order valence-electron chi connectivity index (χ2n) is 5.11. The predicted octanol–water partition coefficient (Wildman–Crippen LogP) is 3.29. The Morgan fingerprint density at radius 2 is 1.76 bits per heavy atom. The monoisotopic (exact) mass is 282 g/mol. The molecule has 0 aromatic heterocycles. The minimum absolute atomic E-state index is 0.0677. The number of aryl methyl sites for hydroxylation is 1. The van der Waals surface area contributed by atoms with Crippen LogP contribution >= 0.6 is 0 Å². The number of likely N-dealkylation sites (N-methyl/N-ethyl adjacent to an activating group) is 1. The number of carbonyl (C=O) groups is 1. The van der Waals surface area contributed by atoms with E-state index in [-0.39, 0.29) is 5.91 Å². The molecule has 0 fully saturated rings. The highest BCUT2D eigenvalue weighted by atomic mass is 16.1. The van der Waals surface area contributed by atoms with Gasteiger partial charge in [0.05, 0.1) is 6.42 Å². The number of benzene rings is 2. The van der Waals surface area contributed by atoms with Gasteiger partial charge in [-0.2, -0.15) is 0 Å². The standard InChI is InChI=1S/C18H22N2O/c1-3-19-18(21)12-15-8-10-17(11-9-15)20-13-16-7-5-4-6-14(16)2/h4-11,20H,3,12-13H2,1-2H3,(H,19,21). The molecule has 0 aliphatic carbocycles. The van der Waals surface area contributed by atoms with Crippen LogP contribution in [0.4, 0.5) is 5.69 Å². The van der Waals surface area contributed by atoms with Gasteiger partial charge in [0.25, 0.3) is 0 Å². The first kappa shape index (κ1) is 15.1. The van der Waals surface area contributed by atoms with Gasteiger partial charge in [-0.05, 0) is 42.7 Å². The van der Waals surface area contributed by atoms with E-state index in [9.17, 15) is 4.79 Å². The van der Waals surface area contributed by atoms with Crippen molar-refractivity contribution < 1.29 is 4.79 Å². The van der Waals surface area contributed by atoms with Gasteiger partial charge >= 0.3 is 0 Å². The molecule has 3 nitrogen and oxygen atoms in total. The molecule has 0 saturated carbocycles. The number of rotatable bonds is 6. The fraction of sp³-hybridized carbons (Fsp3) is 0.278. The van der Waals surface area contributed by atoms with Crippen molar-refractivity contribution in [2.24, 2.45) is 0 Å². The number of anilines is 1. The second kappa shape index (κ2) is 7.48. The maximum absolute atomic E-state index is 11.5. The van der Waals surface area contributed by atoms with E-state index < -0.39 is 0 Å². The van der Waals surface area contributed by atoms with Gasteiger partial charge in [-0.15, -0.1) is 0 Å². The Kier molecular flexibility index (Phi) is 5.38. The van der Waals surface area contributed by atoms with E-state index in [2.05, 4.69) is 41.8 Å². The number of hydrogen-bond donors (Lipinski definition) is 2. The van der Waals surface area contributed by atoms with Gasteiger partial charge in [0.15, 0.2) is 0 Å². The molecule has 0 heterocycles. The SMILES string of the molecule is CCNC(=O)Cc1ccc(NCc2ccccc2C)cc1. The highest BCUT2D eigenvalue weighted by Gasteiger charge is 2.02. The minimum atomic E-state index is 0.0677. The molecular formula is C18H22N2O. The lowest BCUT2D eigenvalue weighted by Gasteiger charge is -2.09. The van der Waals surface area contributed by atoms with E-state index in [1.807, 2.05) is 31.2 Å². The Bertz CT molecular complexity index is 590. The Morgan fingerprint density at radius 1 is 1.05 bits per heavy atom. The molecule has 0 spiro atoms. The van der Waals surface area contributed by atoms with E-state index in [1.54, 1.807) is 0 Å². The quantitative estimate of drug-likeness (QED) is 0.853. The first-order valence-corrected chi connectivity index (χ1v) is 7.33. The van der Waals surface area contributed by atoms with Gasteiger partial charge in [0.1, 0.15) is 0 Å². The van der Waals surface area contributed by atoms with Crippen LogP contribution in [0, 0.1) is 6.92 Å². The van der Waals surface area contributed by atoms with Crippen molar-refractivity contribution in [1.82, 2.24) is 5.32 Å². The molecule has 2 rings (SSSR count). The van der Waals surface area contributed by atoms with Crippen LogP contribution in [0.5, 0.6) is 0 Å². The average molecular weight is 282 g/mol. The van der Waals surface area contributed by atoms with Crippen molar-refractivity contribution in [3.63, 3.8) is 0 Å². The highest BCUT2D eigenvalue weighted by molar-refractivity contribution is 5.78. The summed E-state index contributed by atoms with van der Waals surface area (Å²) in [5.74, 6) is 0.0677. The van der Waals surface area contributed by atoms with Crippen molar-refractivity contribution >= 4 is 11.6 Å². The summed E-state index contributed by atoms with van der Waals surface area (Å²) in [6.07, 6.45) is 0.436. The third-order valence-electron chi connectivity index (χ3n) is 3.44. The molecule has 21 heavy (non-hydrogen) atoms. The lowest BCUT2D eigenvalue weighted by Crippen LogP contribution is -2.24. The zero-order valence-corrected chi connectivity index (χ0v) is 12.6. The van der Waals surface area contributed by atoms with Gasteiger partial charge in [-0.25, -0.2) is 0 Å². The molecule has 0 saturated heterocycles. The summed E-state index contributed by atoms with van der Waals surface area (Å²) in [6.45, 7) is 5.53. The lowest BCUT2D eigenvalue weighted by atomic mass is 10.1. The smallest absolute Gasteiger partial charge is 0.224 e. The van der Waals surface area contributed by atoms with Crippen LogP contribution < -0.4 is 10.6 Å². The summed E-state index contributed by atoms with van der Waals surface area (Å²) in [5.41, 5.74) is 4.68. The molecule has 2 aromatic carbocycles. The van der Waals surface area contributed by atoms with Gasteiger partial charge in [-0.3, -0.25) is 4.79 Å². The zero-order chi connectivity index (χ0) is 15.1. The molecule has 0 unspecified atom stereocenters. The van der Waals surface area contributed by atoms with E-state index in [1.165, 1.54) is 11.1 Å². The molecule has 110 valence electrons. The van der Waals surface area contributed by atoms with Crippen LogP contribution in [-0.4, -0.2) is 12.5 Å². The van der Waals surface area contributed by atoms with Gasteiger partial charge in [0.2, 0.25) is 5.91 Å². The number of hydrogen-bond acceptors (Lipinski definition) is 2. The number of carbonyl (C=O) groups excluding carboxylic acids is 1. The average Bonchev–Trinajstić information content (AvgIpc) is 2.48. The normalized spacial score (nSPS) is 10.2. The van der Waals surface area contributed by atoms with Crippen LogP contribution in [0.25, 0.3) is 0 Å². The Morgan fingerprint density at radius 3 is 2.43 bits per heavy atom. The van der Waals surface area contributed by atoms with Crippen LogP contribution in [0.15, 0.2) is 48.5 Å². The van der Waals surface area contributed by atoms with Crippen molar-refractivity contribution in [1.29, 1.82) is 0 Å². The van der Waals surface area contributed by atoms with E-state index in [0.29, 0.717) is 13.0 Å². The molecule has 3 heteroatoms. The molecule has 0 radical (unpaired) electrons.